The zero-order valence-corrected chi connectivity index (χ0v) is 19.4. The number of ether oxygens (including phenoxy) is 2. The van der Waals surface area contributed by atoms with Crippen molar-refractivity contribution in [3.8, 4) is 16.9 Å². The summed E-state index contributed by atoms with van der Waals surface area (Å²) in [5.74, 6) is -1.38. The van der Waals surface area contributed by atoms with Gasteiger partial charge in [0, 0.05) is 30.1 Å². The molecule has 3 N–H and O–H groups in total. The first-order valence-corrected chi connectivity index (χ1v) is 11.2. The van der Waals surface area contributed by atoms with Crippen LogP contribution in [0.5, 0.6) is 5.75 Å². The maximum Gasteiger partial charge on any atom is 0.407 e. The molecule has 8 heteroatoms. The van der Waals surface area contributed by atoms with Crippen LogP contribution in [0, 0.1) is 0 Å². The summed E-state index contributed by atoms with van der Waals surface area (Å²) in [7, 11) is 1.35. The van der Waals surface area contributed by atoms with Crippen LogP contribution in [0.25, 0.3) is 11.1 Å². The number of hydrogen-bond donors (Lipinski definition) is 3. The van der Waals surface area contributed by atoms with Crippen LogP contribution in [-0.2, 0) is 9.53 Å². The summed E-state index contributed by atoms with van der Waals surface area (Å²) >= 11 is 0. The van der Waals surface area contributed by atoms with E-state index in [1.54, 1.807) is 6.92 Å². The van der Waals surface area contributed by atoms with Crippen molar-refractivity contribution in [3.63, 3.8) is 0 Å². The molecule has 1 aliphatic rings. The predicted octanol–water partition coefficient (Wildman–Crippen LogP) is 4.65. The van der Waals surface area contributed by atoms with E-state index in [1.165, 1.54) is 25.3 Å². The van der Waals surface area contributed by atoms with Crippen LogP contribution in [0.2, 0.25) is 0 Å². The molecule has 0 saturated heterocycles. The quantitative estimate of drug-likeness (QED) is 0.438. The number of aromatic carboxylic acids is 1. The van der Waals surface area contributed by atoms with Crippen molar-refractivity contribution < 1.29 is 29.0 Å². The Morgan fingerprint density at radius 2 is 1.60 bits per heavy atom. The fourth-order valence-electron chi connectivity index (χ4n) is 4.33. The second-order valence-corrected chi connectivity index (χ2v) is 8.34. The van der Waals surface area contributed by atoms with Gasteiger partial charge in [-0.25, -0.2) is 9.59 Å². The minimum Gasteiger partial charge on any atom is -0.496 e. The van der Waals surface area contributed by atoms with Crippen LogP contribution < -0.4 is 15.4 Å². The molecule has 0 aliphatic heterocycles. The van der Waals surface area contributed by atoms with Gasteiger partial charge in [-0.15, -0.1) is 0 Å². The summed E-state index contributed by atoms with van der Waals surface area (Å²) < 4.78 is 10.6. The molecule has 0 saturated carbocycles. The van der Waals surface area contributed by atoms with E-state index in [-0.39, 0.29) is 36.2 Å². The molecule has 1 aliphatic carbocycles. The number of methoxy groups -OCH3 is 1. The van der Waals surface area contributed by atoms with E-state index < -0.39 is 18.1 Å². The van der Waals surface area contributed by atoms with Gasteiger partial charge in [0.25, 0.3) is 0 Å². The first-order valence-electron chi connectivity index (χ1n) is 11.2. The maximum atomic E-state index is 12.4. The lowest BCUT2D eigenvalue weighted by Gasteiger charge is -2.17. The van der Waals surface area contributed by atoms with Gasteiger partial charge in [-0.3, -0.25) is 4.79 Å². The van der Waals surface area contributed by atoms with Gasteiger partial charge in [0.1, 0.15) is 17.9 Å². The molecule has 0 aromatic heterocycles. The van der Waals surface area contributed by atoms with E-state index in [1.807, 2.05) is 36.4 Å². The van der Waals surface area contributed by atoms with Crippen molar-refractivity contribution in [3.05, 3.63) is 83.4 Å². The van der Waals surface area contributed by atoms with Crippen molar-refractivity contribution in [1.29, 1.82) is 0 Å². The third-order valence-electron chi connectivity index (χ3n) is 5.92. The van der Waals surface area contributed by atoms with Crippen LogP contribution >= 0.6 is 0 Å². The topological polar surface area (TPSA) is 114 Å². The Balaban J connectivity index is 1.30. The van der Waals surface area contributed by atoms with Crippen LogP contribution in [0.3, 0.4) is 0 Å². The third kappa shape index (κ3) is 5.27. The number of rotatable bonds is 8. The molecular weight excluding hydrogens is 448 g/mol. The lowest BCUT2D eigenvalue weighted by Crippen LogP contribution is -2.36. The minimum atomic E-state index is -1.12. The van der Waals surface area contributed by atoms with Gasteiger partial charge < -0.3 is 25.2 Å². The summed E-state index contributed by atoms with van der Waals surface area (Å²) in [5.41, 5.74) is 4.93. The molecule has 35 heavy (non-hydrogen) atoms. The van der Waals surface area contributed by atoms with Crippen molar-refractivity contribution in [1.82, 2.24) is 5.32 Å². The van der Waals surface area contributed by atoms with Crippen molar-refractivity contribution in [2.24, 2.45) is 0 Å². The average molecular weight is 475 g/mol. The highest BCUT2D eigenvalue weighted by Crippen LogP contribution is 2.44. The zero-order chi connectivity index (χ0) is 24.9. The summed E-state index contributed by atoms with van der Waals surface area (Å²) in [6.07, 6.45) is -0.590. The summed E-state index contributed by atoms with van der Waals surface area (Å²) in [6.45, 7) is 1.89. The predicted molar refractivity (Wildman–Crippen MR) is 131 cm³/mol. The smallest absolute Gasteiger partial charge is 0.407 e. The number of carboxylic acids is 1. The molecule has 1 unspecified atom stereocenters. The molecule has 4 rings (SSSR count). The molecule has 0 radical (unpaired) electrons. The molecule has 0 spiro atoms. The maximum absolute atomic E-state index is 12.4. The highest BCUT2D eigenvalue weighted by Gasteiger charge is 2.29. The summed E-state index contributed by atoms with van der Waals surface area (Å²) in [5, 5.41) is 14.5. The highest BCUT2D eigenvalue weighted by molar-refractivity contribution is 5.95. The average Bonchev–Trinajstić information content (AvgIpc) is 3.16. The van der Waals surface area contributed by atoms with Gasteiger partial charge in [0.05, 0.1) is 7.11 Å². The van der Waals surface area contributed by atoms with Gasteiger partial charge in [-0.2, -0.15) is 0 Å². The van der Waals surface area contributed by atoms with Crippen LogP contribution in [0.1, 0.15) is 40.7 Å². The summed E-state index contributed by atoms with van der Waals surface area (Å²) in [4.78, 5) is 36.0. The Labute approximate surface area is 202 Å². The molecular formula is C27H26N2O6. The Kier molecular flexibility index (Phi) is 7.01. The van der Waals surface area contributed by atoms with Crippen molar-refractivity contribution in [2.45, 2.75) is 25.3 Å². The van der Waals surface area contributed by atoms with Gasteiger partial charge in [0.2, 0.25) is 5.91 Å². The van der Waals surface area contributed by atoms with Crippen LogP contribution in [0.4, 0.5) is 10.5 Å². The van der Waals surface area contributed by atoms with E-state index >= 15 is 0 Å². The fraction of sp³-hybridized carbons (Fsp3) is 0.222. The van der Waals surface area contributed by atoms with E-state index in [4.69, 9.17) is 14.6 Å². The second kappa shape index (κ2) is 10.3. The Morgan fingerprint density at radius 1 is 0.971 bits per heavy atom. The monoisotopic (exact) mass is 474 g/mol. The molecule has 0 heterocycles. The highest BCUT2D eigenvalue weighted by atomic mass is 16.5. The number of alkyl carbamates (subject to hydrolysis) is 1. The van der Waals surface area contributed by atoms with Crippen LogP contribution in [-0.4, -0.2) is 42.8 Å². The second-order valence-electron chi connectivity index (χ2n) is 8.34. The zero-order valence-electron chi connectivity index (χ0n) is 19.4. The largest absolute Gasteiger partial charge is 0.496 e. The minimum absolute atomic E-state index is 0.00390. The van der Waals surface area contributed by atoms with E-state index in [0.29, 0.717) is 5.69 Å². The Morgan fingerprint density at radius 3 is 2.20 bits per heavy atom. The molecule has 1 atom stereocenters. The third-order valence-corrected chi connectivity index (χ3v) is 5.92. The number of carbonyl (C=O) groups is 3. The Hall–Kier alpha value is -4.33. The molecule has 0 bridgehead atoms. The van der Waals surface area contributed by atoms with Crippen molar-refractivity contribution >= 4 is 23.7 Å². The first-order chi connectivity index (χ1) is 16.9. The molecule has 0 fully saturated rings. The van der Waals surface area contributed by atoms with E-state index in [2.05, 4.69) is 22.8 Å². The molecule has 2 amide bonds. The molecule has 8 nitrogen and oxygen atoms in total. The SMILES string of the molecule is COc1cc(NC(=O)CC(C)NC(=O)OCC2c3ccccc3-c3ccccc32)ccc1C(=O)O. The summed E-state index contributed by atoms with van der Waals surface area (Å²) in [6, 6.07) is 20.0. The number of carboxylic acid groups (broad SMARTS) is 1. The van der Waals surface area contributed by atoms with Gasteiger partial charge in [-0.05, 0) is 41.3 Å². The van der Waals surface area contributed by atoms with E-state index in [0.717, 1.165) is 22.3 Å². The van der Waals surface area contributed by atoms with Gasteiger partial charge >= 0.3 is 12.1 Å². The normalized spacial score (nSPS) is 12.7. The number of amides is 2. The van der Waals surface area contributed by atoms with Gasteiger partial charge in [0.15, 0.2) is 0 Å². The number of anilines is 1. The number of nitrogens with one attached hydrogen (secondary N) is 2. The number of fused-ring (bicyclic) bond motifs is 3. The number of benzene rings is 3. The van der Waals surface area contributed by atoms with Gasteiger partial charge in [-0.1, -0.05) is 48.5 Å². The van der Waals surface area contributed by atoms with Crippen molar-refractivity contribution in [2.75, 3.05) is 19.0 Å². The number of carbonyl (C=O) groups excluding carboxylic acids is 2. The molecule has 180 valence electrons. The first kappa shape index (κ1) is 23.8. The number of hydrogen-bond acceptors (Lipinski definition) is 5. The molecule has 3 aromatic rings. The van der Waals surface area contributed by atoms with E-state index in [9.17, 15) is 14.4 Å². The lowest BCUT2D eigenvalue weighted by atomic mass is 9.98. The fourth-order valence-corrected chi connectivity index (χ4v) is 4.33. The van der Waals surface area contributed by atoms with Crippen LogP contribution in [0.15, 0.2) is 66.7 Å². The Bertz CT molecular complexity index is 1230. The molecule has 3 aromatic carbocycles. The lowest BCUT2D eigenvalue weighted by molar-refractivity contribution is -0.116. The standard InChI is InChI=1S/C27H26N2O6/c1-16(13-25(30)29-17-11-12-22(26(31)32)24(14-17)34-2)28-27(33)35-15-23-20-9-5-3-7-18(20)19-8-4-6-10-21(19)23/h3-12,14,16,23H,13,15H2,1-2H3,(H,28,33)(H,29,30)(H,31,32).